The molecule has 16 nitrogen and oxygen atoms in total. The Morgan fingerprint density at radius 3 is 1.29 bits per heavy atom. The Bertz CT molecular complexity index is 1930. The molecule has 0 saturated heterocycles. The van der Waals surface area contributed by atoms with Crippen LogP contribution < -0.4 is 32.3 Å². The molecule has 0 aliphatic rings. The predicted molar refractivity (Wildman–Crippen MR) is 181 cm³/mol. The molecule has 48 heavy (non-hydrogen) atoms. The monoisotopic (exact) mass is 683 g/mol. The summed E-state index contributed by atoms with van der Waals surface area (Å²) in [6, 6.07) is 5.83. The van der Waals surface area contributed by atoms with E-state index in [2.05, 4.69) is 33.2 Å². The lowest BCUT2D eigenvalue weighted by Gasteiger charge is -2.04. The third-order valence-electron chi connectivity index (χ3n) is 6.91. The summed E-state index contributed by atoms with van der Waals surface area (Å²) in [6.07, 6.45) is 6.32. The Hall–Kier alpha value is -6.10. The highest BCUT2D eigenvalue weighted by molar-refractivity contribution is 6.09. The SMILES string of the molecule is C=C(F)C(=O)Nc1cc(C(=O)Nc2cc(C(=O)Nc3cc(C(=O)Nc4cc(C(=O)NCCC(=N)N)n(C)c4)n(C)c3)n(C)c2)n(C)c1.Cl. The minimum Gasteiger partial charge on any atom is -0.388 e. The summed E-state index contributed by atoms with van der Waals surface area (Å²) in [5.41, 5.74) is 7.43. The van der Waals surface area contributed by atoms with Crippen molar-refractivity contribution in [3.05, 3.63) is 84.2 Å². The summed E-state index contributed by atoms with van der Waals surface area (Å²) in [5.74, 6) is -4.16. The summed E-state index contributed by atoms with van der Waals surface area (Å²) >= 11 is 0. The van der Waals surface area contributed by atoms with Crippen molar-refractivity contribution in [2.45, 2.75) is 6.42 Å². The van der Waals surface area contributed by atoms with Crippen LogP contribution in [0, 0.1) is 5.41 Å². The zero-order valence-corrected chi connectivity index (χ0v) is 27.3. The predicted octanol–water partition coefficient (Wildman–Crippen LogP) is 2.70. The molecule has 4 heterocycles. The molecule has 0 fully saturated rings. The molecular formula is C30H35ClFN11O5. The van der Waals surface area contributed by atoms with E-state index in [4.69, 9.17) is 11.1 Å². The van der Waals surface area contributed by atoms with E-state index in [1.807, 2.05) is 0 Å². The van der Waals surface area contributed by atoms with E-state index in [-0.39, 0.29) is 59.9 Å². The molecule has 0 radical (unpaired) electrons. The van der Waals surface area contributed by atoms with Crippen LogP contribution in [0.25, 0.3) is 0 Å². The summed E-state index contributed by atoms with van der Waals surface area (Å²) in [5, 5.41) is 20.4. The highest BCUT2D eigenvalue weighted by Crippen LogP contribution is 2.21. The second-order valence-corrected chi connectivity index (χ2v) is 10.7. The molecule has 4 aromatic rings. The smallest absolute Gasteiger partial charge is 0.283 e. The fourth-order valence-electron chi connectivity index (χ4n) is 4.62. The molecule has 18 heteroatoms. The molecule has 4 rings (SSSR count). The van der Waals surface area contributed by atoms with Crippen LogP contribution in [0.4, 0.5) is 27.1 Å². The number of nitrogens with one attached hydrogen (secondary N) is 6. The van der Waals surface area contributed by atoms with Gasteiger partial charge in [-0.15, -0.1) is 12.4 Å². The first-order valence-electron chi connectivity index (χ1n) is 14.0. The van der Waals surface area contributed by atoms with E-state index in [9.17, 15) is 28.4 Å². The Kier molecular flexibility index (Phi) is 11.4. The van der Waals surface area contributed by atoms with Gasteiger partial charge in [-0.1, -0.05) is 6.58 Å². The van der Waals surface area contributed by atoms with Crippen molar-refractivity contribution in [2.75, 3.05) is 27.8 Å². The van der Waals surface area contributed by atoms with Gasteiger partial charge in [0, 0.05) is 65.9 Å². The number of carbonyl (C=O) groups excluding carboxylic acids is 5. The van der Waals surface area contributed by atoms with Gasteiger partial charge in [0.1, 0.15) is 22.8 Å². The second kappa shape index (κ2) is 15.0. The van der Waals surface area contributed by atoms with Crippen LogP contribution in [-0.2, 0) is 33.0 Å². The van der Waals surface area contributed by atoms with Crippen molar-refractivity contribution in [1.82, 2.24) is 23.6 Å². The lowest BCUT2D eigenvalue weighted by Crippen LogP contribution is -2.28. The zero-order chi connectivity index (χ0) is 34.6. The largest absolute Gasteiger partial charge is 0.388 e. The van der Waals surface area contributed by atoms with Crippen LogP contribution in [0.5, 0.6) is 0 Å². The number of amides is 5. The highest BCUT2D eigenvalue weighted by Gasteiger charge is 2.20. The van der Waals surface area contributed by atoms with Crippen molar-refractivity contribution in [3.63, 3.8) is 0 Å². The van der Waals surface area contributed by atoms with Crippen LogP contribution in [-0.4, -0.2) is 60.2 Å². The van der Waals surface area contributed by atoms with Gasteiger partial charge in [-0.05, 0) is 24.3 Å². The van der Waals surface area contributed by atoms with Crippen molar-refractivity contribution in [2.24, 2.45) is 33.9 Å². The topological polar surface area (TPSA) is 215 Å². The maximum Gasteiger partial charge on any atom is 0.283 e. The molecule has 8 N–H and O–H groups in total. The van der Waals surface area contributed by atoms with E-state index in [0.29, 0.717) is 22.8 Å². The minimum absolute atomic E-state index is 0. The molecule has 5 amide bonds. The molecule has 0 aromatic carbocycles. The number of aromatic nitrogens is 4. The molecule has 0 bridgehead atoms. The molecule has 0 aliphatic heterocycles. The second-order valence-electron chi connectivity index (χ2n) is 10.7. The molecule has 0 aliphatic carbocycles. The standard InChI is InChI=1S/C30H34FN11O5.ClH/c1-16(31)26(43)35-17-9-22(40(3)12-17)28(45)37-19-11-24(42(5)14-19)30(47)38-20-10-23(41(4)15-20)29(46)36-18-8-21(39(2)13-18)27(44)34-7-6-25(32)33;/h8-15H,1,6-7H2,2-5H3,(H3,32,33)(H,34,44)(H,35,43)(H,36,46)(H,37,45)(H,38,47);1H. The van der Waals surface area contributed by atoms with Crippen LogP contribution in [0.2, 0.25) is 0 Å². The van der Waals surface area contributed by atoms with Crippen molar-refractivity contribution in [1.29, 1.82) is 5.41 Å². The number of nitrogens with two attached hydrogens (primary N) is 1. The Labute approximate surface area is 280 Å². The van der Waals surface area contributed by atoms with E-state index >= 15 is 0 Å². The number of hydrogen-bond donors (Lipinski definition) is 7. The number of carbonyl (C=O) groups is 5. The third-order valence-corrected chi connectivity index (χ3v) is 6.91. The number of anilines is 4. The number of amidine groups is 1. The van der Waals surface area contributed by atoms with E-state index in [1.54, 1.807) is 45.2 Å². The fourth-order valence-corrected chi connectivity index (χ4v) is 4.62. The summed E-state index contributed by atoms with van der Waals surface area (Å²) < 4.78 is 19.1. The van der Waals surface area contributed by atoms with Gasteiger partial charge in [0.15, 0.2) is 5.83 Å². The molecule has 0 saturated carbocycles. The van der Waals surface area contributed by atoms with Gasteiger partial charge in [-0.2, -0.15) is 0 Å². The first kappa shape index (κ1) is 36.4. The van der Waals surface area contributed by atoms with Crippen molar-refractivity contribution in [3.8, 4) is 0 Å². The average molecular weight is 684 g/mol. The third kappa shape index (κ3) is 8.58. The lowest BCUT2D eigenvalue weighted by atomic mass is 10.3. The fraction of sp³-hybridized carbons (Fsp3) is 0.200. The molecule has 4 aromatic heterocycles. The average Bonchev–Trinajstić information content (AvgIpc) is 3.73. The van der Waals surface area contributed by atoms with Crippen LogP contribution in [0.15, 0.2) is 61.5 Å². The Balaban J connectivity index is 0.00000625. The number of aryl methyl sites for hydroxylation is 4. The summed E-state index contributed by atoms with van der Waals surface area (Å²) in [6.45, 7) is 3.14. The normalized spacial score (nSPS) is 10.4. The number of hydrogen-bond acceptors (Lipinski definition) is 6. The zero-order valence-electron chi connectivity index (χ0n) is 26.4. The summed E-state index contributed by atoms with van der Waals surface area (Å²) in [7, 11) is 6.47. The van der Waals surface area contributed by atoms with Gasteiger partial charge in [-0.25, -0.2) is 4.39 Å². The van der Waals surface area contributed by atoms with Crippen LogP contribution in [0.3, 0.4) is 0 Å². The van der Waals surface area contributed by atoms with E-state index in [1.165, 1.54) is 50.4 Å². The summed E-state index contributed by atoms with van der Waals surface area (Å²) in [4.78, 5) is 63.1. The quantitative estimate of drug-likeness (QED) is 0.0676. The molecule has 0 spiro atoms. The first-order valence-corrected chi connectivity index (χ1v) is 14.0. The first-order chi connectivity index (χ1) is 22.1. The lowest BCUT2D eigenvalue weighted by molar-refractivity contribution is -0.114. The van der Waals surface area contributed by atoms with Gasteiger partial charge in [0.2, 0.25) is 0 Å². The van der Waals surface area contributed by atoms with Gasteiger partial charge in [0.05, 0.1) is 28.6 Å². The highest BCUT2D eigenvalue weighted by atomic mass is 35.5. The van der Waals surface area contributed by atoms with Gasteiger partial charge in [-0.3, -0.25) is 29.4 Å². The molecular weight excluding hydrogens is 649 g/mol. The van der Waals surface area contributed by atoms with Crippen molar-refractivity contribution < 1.29 is 28.4 Å². The number of rotatable bonds is 12. The van der Waals surface area contributed by atoms with E-state index in [0.717, 1.165) is 0 Å². The van der Waals surface area contributed by atoms with Crippen molar-refractivity contribution >= 4 is 70.5 Å². The van der Waals surface area contributed by atoms with Gasteiger partial charge >= 0.3 is 0 Å². The maximum absolute atomic E-state index is 13.1. The number of nitrogens with zero attached hydrogens (tertiary/aromatic N) is 4. The molecule has 254 valence electrons. The number of halogens is 2. The molecule has 0 unspecified atom stereocenters. The van der Waals surface area contributed by atoms with E-state index < -0.39 is 29.5 Å². The van der Waals surface area contributed by atoms with Gasteiger partial charge in [0.25, 0.3) is 29.5 Å². The van der Waals surface area contributed by atoms with Crippen LogP contribution >= 0.6 is 12.4 Å². The maximum atomic E-state index is 13.1. The minimum atomic E-state index is -1.17. The van der Waals surface area contributed by atoms with Gasteiger partial charge < -0.3 is 50.6 Å². The van der Waals surface area contributed by atoms with Crippen LogP contribution in [0.1, 0.15) is 48.4 Å². The Morgan fingerprint density at radius 1 is 0.667 bits per heavy atom. The Morgan fingerprint density at radius 2 is 0.979 bits per heavy atom. The molecule has 0 atom stereocenters.